The number of para-hydroxylation sites is 1. The number of hydrogen-bond acceptors (Lipinski definition) is 3. The molecule has 3 rings (SSSR count). The van der Waals surface area contributed by atoms with Crippen LogP contribution in [0.15, 0.2) is 18.2 Å². The Morgan fingerprint density at radius 2 is 2.00 bits per heavy atom. The largest absolute Gasteiger partial charge is 0.333 e. The van der Waals surface area contributed by atoms with E-state index >= 15 is 0 Å². The van der Waals surface area contributed by atoms with Crippen molar-refractivity contribution >= 4 is 29.9 Å². The molecule has 0 radical (unpaired) electrons. The molecule has 0 bridgehead atoms. The molecule has 1 aromatic rings. The van der Waals surface area contributed by atoms with E-state index in [1.54, 1.807) is 0 Å². The summed E-state index contributed by atoms with van der Waals surface area (Å²) in [6.07, 6.45) is 3.97. The van der Waals surface area contributed by atoms with Gasteiger partial charge in [0.25, 0.3) is 0 Å². The van der Waals surface area contributed by atoms with Crippen molar-refractivity contribution in [3.8, 4) is 0 Å². The van der Waals surface area contributed by atoms with Gasteiger partial charge in [0, 0.05) is 13.1 Å². The first kappa shape index (κ1) is 21.6. The fourth-order valence-corrected chi connectivity index (χ4v) is 4.28. The molecule has 0 spiro atoms. The zero-order valence-electron chi connectivity index (χ0n) is 15.4. The predicted molar refractivity (Wildman–Crippen MR) is 102 cm³/mol. The Morgan fingerprint density at radius 1 is 1.30 bits per heavy atom. The van der Waals surface area contributed by atoms with Crippen LogP contribution < -0.4 is 10.6 Å². The number of carbonyl (C=O) groups is 2. The van der Waals surface area contributed by atoms with Crippen LogP contribution >= 0.6 is 12.4 Å². The molecule has 150 valence electrons. The maximum atomic E-state index is 13.7. The van der Waals surface area contributed by atoms with E-state index in [0.29, 0.717) is 19.0 Å². The Morgan fingerprint density at radius 3 is 2.67 bits per heavy atom. The van der Waals surface area contributed by atoms with Crippen LogP contribution in [0.3, 0.4) is 0 Å². The number of nitrogens with one attached hydrogen (secondary N) is 2. The summed E-state index contributed by atoms with van der Waals surface area (Å²) in [5.41, 5.74) is -0.921. The van der Waals surface area contributed by atoms with Gasteiger partial charge < -0.3 is 15.5 Å². The first-order valence-corrected chi connectivity index (χ1v) is 9.22. The molecule has 5 nitrogen and oxygen atoms in total. The van der Waals surface area contributed by atoms with E-state index in [9.17, 15) is 18.4 Å². The van der Waals surface area contributed by atoms with Crippen molar-refractivity contribution in [1.82, 2.24) is 10.2 Å². The average Bonchev–Trinajstić information content (AvgIpc) is 3.07. The summed E-state index contributed by atoms with van der Waals surface area (Å²) >= 11 is 0. The second-order valence-corrected chi connectivity index (χ2v) is 7.19. The minimum Gasteiger partial charge on any atom is -0.333 e. The lowest BCUT2D eigenvalue weighted by Gasteiger charge is -2.40. The summed E-state index contributed by atoms with van der Waals surface area (Å²) in [7, 11) is 0. The van der Waals surface area contributed by atoms with Gasteiger partial charge in [-0.25, -0.2) is 8.78 Å². The third-order valence-electron chi connectivity index (χ3n) is 5.69. The van der Waals surface area contributed by atoms with Crippen molar-refractivity contribution in [2.75, 3.05) is 31.5 Å². The number of rotatable bonds is 5. The van der Waals surface area contributed by atoms with E-state index in [-0.39, 0.29) is 24.9 Å². The van der Waals surface area contributed by atoms with E-state index < -0.39 is 28.6 Å². The molecule has 2 fully saturated rings. The summed E-state index contributed by atoms with van der Waals surface area (Å²) in [6, 6.07) is 3.39. The molecule has 1 aromatic carbocycles. The van der Waals surface area contributed by atoms with E-state index in [4.69, 9.17) is 0 Å². The minimum absolute atomic E-state index is 0. The Bertz CT molecular complexity index is 683. The fourth-order valence-electron chi connectivity index (χ4n) is 4.28. The molecule has 27 heavy (non-hydrogen) atoms. The predicted octanol–water partition coefficient (Wildman–Crippen LogP) is 2.95. The molecule has 0 unspecified atom stereocenters. The van der Waals surface area contributed by atoms with Crippen LogP contribution in [0, 0.1) is 23.0 Å². The van der Waals surface area contributed by atoms with E-state index in [2.05, 4.69) is 10.6 Å². The highest BCUT2D eigenvalue weighted by Gasteiger charge is 2.51. The minimum atomic E-state index is -0.835. The highest BCUT2D eigenvalue weighted by Crippen LogP contribution is 2.45. The number of fused-ring (bicyclic) bond motifs is 1. The maximum absolute atomic E-state index is 13.7. The second-order valence-electron chi connectivity index (χ2n) is 7.19. The Labute approximate surface area is 164 Å². The molecule has 1 aliphatic carbocycles. The number of nitrogens with zero attached hydrogens (tertiary/aromatic N) is 1. The van der Waals surface area contributed by atoms with Gasteiger partial charge in [-0.1, -0.05) is 18.9 Å². The van der Waals surface area contributed by atoms with Crippen molar-refractivity contribution in [3.63, 3.8) is 0 Å². The standard InChI is InChI=1S/C19H25F2N3O2.ClH/c1-2-24(11-16(25)23-17-14(20)7-5-8-15(17)21)18(26)19-9-4-3-6-13(19)10-22-12-19;/h5,7-8,13,22H,2-4,6,9-12H2,1H3,(H,23,25);1H/t13-,19+;/m0./s1. The van der Waals surface area contributed by atoms with Gasteiger partial charge in [0.15, 0.2) is 0 Å². The molecular formula is C19H26ClF2N3O2. The number of benzene rings is 1. The molecule has 1 aliphatic heterocycles. The van der Waals surface area contributed by atoms with Crippen molar-refractivity contribution in [3.05, 3.63) is 29.8 Å². The Kier molecular flexibility index (Phi) is 7.17. The number of amides is 2. The fraction of sp³-hybridized carbons (Fsp3) is 0.579. The molecule has 1 heterocycles. The first-order chi connectivity index (χ1) is 12.5. The van der Waals surface area contributed by atoms with Gasteiger partial charge in [0.2, 0.25) is 11.8 Å². The van der Waals surface area contributed by atoms with Crippen LogP contribution in [-0.2, 0) is 9.59 Å². The highest BCUT2D eigenvalue weighted by molar-refractivity contribution is 5.95. The van der Waals surface area contributed by atoms with Crippen molar-refractivity contribution in [1.29, 1.82) is 0 Å². The van der Waals surface area contributed by atoms with Gasteiger partial charge in [-0.15, -0.1) is 12.4 Å². The summed E-state index contributed by atoms with van der Waals surface area (Å²) in [4.78, 5) is 27.0. The number of halogens is 3. The normalized spacial score (nSPS) is 23.9. The lowest BCUT2D eigenvalue weighted by atomic mass is 9.67. The van der Waals surface area contributed by atoms with E-state index in [0.717, 1.165) is 44.4 Å². The summed E-state index contributed by atoms with van der Waals surface area (Å²) in [5, 5.41) is 5.59. The van der Waals surface area contributed by atoms with Crippen molar-refractivity contribution < 1.29 is 18.4 Å². The molecule has 2 amide bonds. The van der Waals surface area contributed by atoms with Crippen molar-refractivity contribution in [2.24, 2.45) is 11.3 Å². The zero-order valence-corrected chi connectivity index (χ0v) is 16.2. The smallest absolute Gasteiger partial charge is 0.244 e. The van der Waals surface area contributed by atoms with Crippen LogP contribution in [0.4, 0.5) is 14.5 Å². The topological polar surface area (TPSA) is 61.4 Å². The summed E-state index contributed by atoms with van der Waals surface area (Å²) < 4.78 is 27.4. The molecule has 0 aromatic heterocycles. The van der Waals surface area contributed by atoms with E-state index in [1.165, 1.54) is 11.0 Å². The molecule has 1 saturated carbocycles. The second kappa shape index (κ2) is 8.97. The van der Waals surface area contributed by atoms with Crippen LogP contribution in [0.1, 0.15) is 32.6 Å². The third kappa shape index (κ3) is 4.24. The Balaban J connectivity index is 0.00000261. The van der Waals surface area contributed by atoms with Crippen LogP contribution in [0.2, 0.25) is 0 Å². The lowest BCUT2D eigenvalue weighted by Crippen LogP contribution is -2.51. The highest BCUT2D eigenvalue weighted by atomic mass is 35.5. The molecule has 1 saturated heterocycles. The van der Waals surface area contributed by atoms with Crippen molar-refractivity contribution in [2.45, 2.75) is 32.6 Å². The van der Waals surface area contributed by atoms with E-state index in [1.807, 2.05) is 6.92 Å². The number of hydrogen-bond donors (Lipinski definition) is 2. The van der Waals surface area contributed by atoms with Gasteiger partial charge in [-0.2, -0.15) is 0 Å². The van der Waals surface area contributed by atoms with Gasteiger partial charge in [0.05, 0.1) is 12.0 Å². The van der Waals surface area contributed by atoms with Gasteiger partial charge in [0.1, 0.15) is 17.3 Å². The number of carbonyl (C=O) groups excluding carboxylic acids is 2. The summed E-state index contributed by atoms with van der Waals surface area (Å²) in [6.45, 7) is 3.44. The molecule has 2 N–H and O–H groups in total. The number of likely N-dealkylation sites (N-methyl/N-ethyl adjacent to an activating group) is 1. The SMILES string of the molecule is CCN(CC(=O)Nc1c(F)cccc1F)C(=O)[C@@]12CCCC[C@H]1CNC2.Cl. The molecule has 2 atom stereocenters. The van der Waals surface area contributed by atoms with Crippen LogP contribution in [0.25, 0.3) is 0 Å². The Hall–Kier alpha value is -1.73. The summed E-state index contributed by atoms with van der Waals surface area (Å²) in [5.74, 6) is -2.00. The zero-order chi connectivity index (χ0) is 18.7. The van der Waals surface area contributed by atoms with Crippen LogP contribution in [0.5, 0.6) is 0 Å². The number of anilines is 1. The lowest BCUT2D eigenvalue weighted by molar-refractivity contribution is -0.147. The first-order valence-electron chi connectivity index (χ1n) is 9.22. The quantitative estimate of drug-likeness (QED) is 0.797. The third-order valence-corrected chi connectivity index (χ3v) is 5.69. The maximum Gasteiger partial charge on any atom is 0.244 e. The molecule has 8 heteroatoms. The average molecular weight is 402 g/mol. The van der Waals surface area contributed by atoms with Gasteiger partial charge in [-0.3, -0.25) is 9.59 Å². The molecule has 2 aliphatic rings. The molecular weight excluding hydrogens is 376 g/mol. The van der Waals surface area contributed by atoms with Gasteiger partial charge >= 0.3 is 0 Å². The van der Waals surface area contributed by atoms with Crippen LogP contribution in [-0.4, -0.2) is 42.9 Å². The van der Waals surface area contributed by atoms with Gasteiger partial charge in [-0.05, 0) is 44.4 Å². The monoisotopic (exact) mass is 401 g/mol.